The molecule has 1 heterocycles. The lowest BCUT2D eigenvalue weighted by Gasteiger charge is -2.02. The van der Waals surface area contributed by atoms with Crippen molar-refractivity contribution in [1.29, 1.82) is 0 Å². The first-order chi connectivity index (χ1) is 6.99. The average molecular weight is 231 g/mol. The van der Waals surface area contributed by atoms with Crippen molar-refractivity contribution in [2.75, 3.05) is 13.0 Å². The maximum absolute atomic E-state index is 11.2. The molecule has 0 radical (unpaired) electrons. The van der Waals surface area contributed by atoms with Crippen LogP contribution in [0.3, 0.4) is 0 Å². The molecule has 0 bridgehead atoms. The van der Waals surface area contributed by atoms with Gasteiger partial charge in [0.25, 0.3) is 10.1 Å². The standard InChI is InChI=1S/C8H9NO5S/c1-15(11,12)14-6-13-8(10)7-4-2-3-5-9-7/h2-5H,6H2,1H3. The maximum Gasteiger partial charge on any atom is 0.359 e. The molecule has 1 rings (SSSR count). The largest absolute Gasteiger partial charge is 0.432 e. The van der Waals surface area contributed by atoms with E-state index in [1.54, 1.807) is 12.1 Å². The van der Waals surface area contributed by atoms with E-state index in [-0.39, 0.29) is 5.69 Å². The van der Waals surface area contributed by atoms with Crippen LogP contribution in [-0.2, 0) is 19.0 Å². The average Bonchev–Trinajstić information content (AvgIpc) is 2.17. The number of rotatable bonds is 4. The zero-order valence-corrected chi connectivity index (χ0v) is 8.73. The predicted molar refractivity (Wildman–Crippen MR) is 50.4 cm³/mol. The number of pyridine rings is 1. The second-order valence-electron chi connectivity index (χ2n) is 2.59. The molecule has 1 aromatic rings. The Morgan fingerprint density at radius 1 is 1.47 bits per heavy atom. The molecule has 0 aliphatic carbocycles. The van der Waals surface area contributed by atoms with Gasteiger partial charge in [0.15, 0.2) is 0 Å². The minimum atomic E-state index is -3.60. The Labute approximate surface area is 87.0 Å². The van der Waals surface area contributed by atoms with E-state index in [0.717, 1.165) is 6.26 Å². The summed E-state index contributed by atoms with van der Waals surface area (Å²) in [6.07, 6.45) is 2.29. The van der Waals surface area contributed by atoms with E-state index in [1.807, 2.05) is 0 Å². The Hall–Kier alpha value is -1.47. The Morgan fingerprint density at radius 2 is 2.20 bits per heavy atom. The summed E-state index contributed by atoms with van der Waals surface area (Å²) < 4.78 is 29.8. The van der Waals surface area contributed by atoms with Gasteiger partial charge in [-0.25, -0.2) is 14.0 Å². The summed E-state index contributed by atoms with van der Waals surface area (Å²) in [5, 5.41) is 0. The van der Waals surface area contributed by atoms with Crippen LogP contribution in [0, 0.1) is 0 Å². The molecule has 0 saturated carbocycles. The van der Waals surface area contributed by atoms with Crippen molar-refractivity contribution in [1.82, 2.24) is 4.98 Å². The maximum atomic E-state index is 11.2. The van der Waals surface area contributed by atoms with Crippen molar-refractivity contribution in [3.8, 4) is 0 Å². The van der Waals surface area contributed by atoms with Crippen LogP contribution in [0.2, 0.25) is 0 Å². The summed E-state index contributed by atoms with van der Waals surface area (Å²) in [6, 6.07) is 4.70. The highest BCUT2D eigenvalue weighted by Gasteiger charge is 2.09. The number of hydrogen-bond acceptors (Lipinski definition) is 6. The van der Waals surface area contributed by atoms with Gasteiger partial charge in [-0.3, -0.25) is 0 Å². The van der Waals surface area contributed by atoms with E-state index < -0.39 is 22.9 Å². The molecule has 82 valence electrons. The highest BCUT2D eigenvalue weighted by atomic mass is 32.2. The minimum absolute atomic E-state index is 0.0922. The first kappa shape index (κ1) is 11.6. The fraction of sp³-hybridized carbons (Fsp3) is 0.250. The van der Waals surface area contributed by atoms with Crippen LogP contribution in [0.5, 0.6) is 0 Å². The molecule has 0 fully saturated rings. The lowest BCUT2D eigenvalue weighted by Crippen LogP contribution is -2.13. The number of carbonyl (C=O) groups excluding carboxylic acids is 1. The molecule has 0 aliphatic heterocycles. The summed E-state index contributed by atoms with van der Waals surface area (Å²) in [5.41, 5.74) is 0.0922. The molecule has 15 heavy (non-hydrogen) atoms. The lowest BCUT2D eigenvalue weighted by atomic mass is 10.4. The number of aromatic nitrogens is 1. The van der Waals surface area contributed by atoms with Gasteiger partial charge in [0.1, 0.15) is 5.69 Å². The highest BCUT2D eigenvalue weighted by Crippen LogP contribution is 1.97. The molecule has 1 aromatic heterocycles. The molecule has 6 nitrogen and oxygen atoms in total. The first-order valence-corrected chi connectivity index (χ1v) is 5.73. The van der Waals surface area contributed by atoms with E-state index in [0.29, 0.717) is 0 Å². The van der Waals surface area contributed by atoms with Gasteiger partial charge in [0.05, 0.1) is 6.26 Å². The van der Waals surface area contributed by atoms with E-state index in [1.165, 1.54) is 12.3 Å². The summed E-state index contributed by atoms with van der Waals surface area (Å²) in [5.74, 6) is -0.737. The first-order valence-electron chi connectivity index (χ1n) is 3.91. The van der Waals surface area contributed by atoms with E-state index in [2.05, 4.69) is 13.9 Å². The van der Waals surface area contributed by atoms with Crippen molar-refractivity contribution < 1.29 is 22.1 Å². The number of hydrogen-bond donors (Lipinski definition) is 0. The van der Waals surface area contributed by atoms with Gasteiger partial charge in [-0.1, -0.05) is 6.07 Å². The second kappa shape index (κ2) is 4.85. The molecule has 0 amide bonds. The number of nitrogens with zero attached hydrogens (tertiary/aromatic N) is 1. The fourth-order valence-corrected chi connectivity index (χ4v) is 0.945. The van der Waals surface area contributed by atoms with Crippen LogP contribution in [0.1, 0.15) is 10.5 Å². The zero-order valence-electron chi connectivity index (χ0n) is 7.91. The quantitative estimate of drug-likeness (QED) is 0.417. The van der Waals surface area contributed by atoms with Gasteiger partial charge in [-0.05, 0) is 12.1 Å². The van der Waals surface area contributed by atoms with Crippen LogP contribution < -0.4 is 0 Å². The topological polar surface area (TPSA) is 82.6 Å². The third-order valence-corrected chi connectivity index (χ3v) is 1.85. The molecule has 0 aliphatic rings. The third kappa shape index (κ3) is 4.52. The monoisotopic (exact) mass is 231 g/mol. The Balaban J connectivity index is 2.45. The van der Waals surface area contributed by atoms with Gasteiger partial charge >= 0.3 is 5.97 Å². The van der Waals surface area contributed by atoms with Gasteiger partial charge in [0, 0.05) is 6.20 Å². The zero-order chi connectivity index (χ0) is 11.3. The van der Waals surface area contributed by atoms with Crippen LogP contribution in [0.15, 0.2) is 24.4 Å². The van der Waals surface area contributed by atoms with Gasteiger partial charge in [0.2, 0.25) is 6.79 Å². The van der Waals surface area contributed by atoms with Crippen molar-refractivity contribution in [3.63, 3.8) is 0 Å². The molecular weight excluding hydrogens is 222 g/mol. The van der Waals surface area contributed by atoms with Crippen LogP contribution >= 0.6 is 0 Å². The van der Waals surface area contributed by atoms with Crippen molar-refractivity contribution in [2.24, 2.45) is 0 Å². The molecule has 0 unspecified atom stereocenters. The van der Waals surface area contributed by atoms with Gasteiger partial charge < -0.3 is 4.74 Å². The summed E-state index contributed by atoms with van der Waals surface area (Å²) >= 11 is 0. The number of esters is 1. The molecule has 7 heteroatoms. The van der Waals surface area contributed by atoms with Crippen LogP contribution in [0.25, 0.3) is 0 Å². The molecule has 0 atom stereocenters. The van der Waals surface area contributed by atoms with Crippen molar-refractivity contribution >= 4 is 16.1 Å². The van der Waals surface area contributed by atoms with Crippen molar-refractivity contribution in [3.05, 3.63) is 30.1 Å². The smallest absolute Gasteiger partial charge is 0.359 e. The van der Waals surface area contributed by atoms with Gasteiger partial charge in [-0.15, -0.1) is 0 Å². The van der Waals surface area contributed by atoms with Crippen LogP contribution in [0.4, 0.5) is 0 Å². The molecule has 0 saturated heterocycles. The molecular formula is C8H9NO5S. The fourth-order valence-electron chi connectivity index (χ4n) is 0.722. The number of ether oxygens (including phenoxy) is 1. The molecule has 0 spiro atoms. The van der Waals surface area contributed by atoms with Crippen LogP contribution in [-0.4, -0.2) is 32.4 Å². The van der Waals surface area contributed by atoms with E-state index >= 15 is 0 Å². The lowest BCUT2D eigenvalue weighted by molar-refractivity contribution is 0.0172. The number of carbonyl (C=O) groups is 1. The summed E-state index contributed by atoms with van der Waals surface area (Å²) in [6.45, 7) is -0.645. The Kier molecular flexibility index (Phi) is 3.75. The minimum Gasteiger partial charge on any atom is -0.432 e. The van der Waals surface area contributed by atoms with E-state index in [9.17, 15) is 13.2 Å². The Morgan fingerprint density at radius 3 is 2.73 bits per heavy atom. The highest BCUT2D eigenvalue weighted by molar-refractivity contribution is 7.85. The second-order valence-corrected chi connectivity index (χ2v) is 4.23. The molecule has 0 N–H and O–H groups in total. The normalized spacial score (nSPS) is 11.0. The summed E-state index contributed by atoms with van der Waals surface area (Å²) in [4.78, 5) is 14.9. The third-order valence-electron chi connectivity index (χ3n) is 1.33. The van der Waals surface area contributed by atoms with E-state index in [4.69, 9.17) is 0 Å². The van der Waals surface area contributed by atoms with Crippen molar-refractivity contribution in [2.45, 2.75) is 0 Å². The summed E-state index contributed by atoms with van der Waals surface area (Å²) in [7, 11) is -3.60. The Bertz CT molecular complexity index is 428. The molecule has 0 aromatic carbocycles. The SMILES string of the molecule is CS(=O)(=O)OCOC(=O)c1ccccn1. The predicted octanol–water partition coefficient (Wildman–Crippen LogP) is 0.172. The van der Waals surface area contributed by atoms with Gasteiger partial charge in [-0.2, -0.15) is 8.42 Å².